The van der Waals surface area contributed by atoms with Gasteiger partial charge in [-0.3, -0.25) is 0 Å². The van der Waals surface area contributed by atoms with Gasteiger partial charge in [-0.25, -0.2) is 4.79 Å². The minimum atomic E-state index is -0.0400. The van der Waals surface area contributed by atoms with Gasteiger partial charge in [-0.2, -0.15) is 0 Å². The van der Waals surface area contributed by atoms with Gasteiger partial charge in [0.05, 0.1) is 17.4 Å². The standard InChI is InChI=1S/C18H23BrN2O2S/c1-13(4-5-14-6-8-15(23-3)9-7-14)20-18(22)21(2)12-16-10-11-17(19)24-16/h6-11,13H,4-5,12H2,1-3H3,(H,20,22). The maximum atomic E-state index is 12.3. The predicted molar refractivity (Wildman–Crippen MR) is 103 cm³/mol. The number of halogens is 1. The molecule has 0 spiro atoms. The number of methoxy groups -OCH3 is 1. The number of nitrogens with one attached hydrogen (secondary N) is 1. The third kappa shape index (κ3) is 5.83. The summed E-state index contributed by atoms with van der Waals surface area (Å²) in [5.41, 5.74) is 1.24. The van der Waals surface area contributed by atoms with Crippen molar-refractivity contribution in [2.24, 2.45) is 0 Å². The first-order valence-corrected chi connectivity index (χ1v) is 9.47. The lowest BCUT2D eigenvalue weighted by atomic mass is 10.1. The Balaban J connectivity index is 1.75. The van der Waals surface area contributed by atoms with E-state index >= 15 is 0 Å². The molecule has 0 saturated carbocycles. The Morgan fingerprint density at radius 3 is 2.58 bits per heavy atom. The first-order valence-electron chi connectivity index (χ1n) is 7.86. The summed E-state index contributed by atoms with van der Waals surface area (Å²) < 4.78 is 6.24. The van der Waals surface area contributed by atoms with Crippen molar-refractivity contribution in [3.05, 3.63) is 50.6 Å². The summed E-state index contributed by atoms with van der Waals surface area (Å²) in [5.74, 6) is 0.863. The molecule has 1 aromatic heterocycles. The first kappa shape index (κ1) is 18.8. The monoisotopic (exact) mass is 410 g/mol. The number of rotatable bonds is 7. The average molecular weight is 411 g/mol. The third-order valence-corrected chi connectivity index (χ3v) is 5.37. The summed E-state index contributed by atoms with van der Waals surface area (Å²) in [4.78, 5) is 15.1. The summed E-state index contributed by atoms with van der Waals surface area (Å²) in [6.07, 6.45) is 1.82. The molecule has 130 valence electrons. The molecule has 4 nitrogen and oxygen atoms in total. The van der Waals surface area contributed by atoms with Crippen molar-refractivity contribution in [3.8, 4) is 5.75 Å². The topological polar surface area (TPSA) is 41.6 Å². The van der Waals surface area contributed by atoms with Crippen LogP contribution in [0.2, 0.25) is 0 Å². The van der Waals surface area contributed by atoms with Crippen LogP contribution in [0.15, 0.2) is 40.2 Å². The lowest BCUT2D eigenvalue weighted by Gasteiger charge is -2.21. The molecule has 0 aliphatic heterocycles. The van der Waals surface area contributed by atoms with E-state index in [2.05, 4.69) is 33.4 Å². The SMILES string of the molecule is COc1ccc(CCC(C)NC(=O)N(C)Cc2ccc(Br)s2)cc1. The van der Waals surface area contributed by atoms with E-state index in [1.165, 1.54) is 5.56 Å². The molecule has 1 atom stereocenters. The normalized spacial score (nSPS) is 11.8. The molecular weight excluding hydrogens is 388 g/mol. The highest BCUT2D eigenvalue weighted by molar-refractivity contribution is 9.11. The van der Waals surface area contributed by atoms with Crippen LogP contribution in [0.25, 0.3) is 0 Å². The second-order valence-corrected chi connectivity index (χ2v) is 8.35. The van der Waals surface area contributed by atoms with Crippen LogP contribution in [0.5, 0.6) is 5.75 Å². The molecule has 0 saturated heterocycles. The van der Waals surface area contributed by atoms with E-state index in [0.717, 1.165) is 27.3 Å². The maximum Gasteiger partial charge on any atom is 0.317 e. The Morgan fingerprint density at radius 1 is 1.29 bits per heavy atom. The van der Waals surface area contributed by atoms with Gasteiger partial charge >= 0.3 is 6.03 Å². The van der Waals surface area contributed by atoms with Gasteiger partial charge in [0.25, 0.3) is 0 Å². The lowest BCUT2D eigenvalue weighted by Crippen LogP contribution is -2.41. The molecule has 2 aromatic rings. The second-order valence-electron chi connectivity index (χ2n) is 5.80. The third-order valence-electron chi connectivity index (χ3n) is 3.76. The minimum absolute atomic E-state index is 0.0400. The van der Waals surface area contributed by atoms with Crippen molar-refractivity contribution < 1.29 is 9.53 Å². The van der Waals surface area contributed by atoms with Crippen molar-refractivity contribution >= 4 is 33.3 Å². The van der Waals surface area contributed by atoms with E-state index in [9.17, 15) is 4.79 Å². The Morgan fingerprint density at radius 2 is 2.00 bits per heavy atom. The fourth-order valence-electron chi connectivity index (χ4n) is 2.31. The number of carbonyl (C=O) groups excluding carboxylic acids is 1. The number of thiophene rings is 1. The second kappa shape index (κ2) is 9.08. The van der Waals surface area contributed by atoms with Crippen LogP contribution in [0.1, 0.15) is 23.8 Å². The molecule has 1 N–H and O–H groups in total. The Kier molecular flexibility index (Phi) is 7.12. The molecule has 0 aliphatic rings. The van der Waals surface area contributed by atoms with Crippen molar-refractivity contribution in [2.45, 2.75) is 32.4 Å². The van der Waals surface area contributed by atoms with Crippen LogP contribution < -0.4 is 10.1 Å². The molecule has 0 fully saturated rings. The molecule has 2 rings (SSSR count). The van der Waals surface area contributed by atoms with E-state index in [0.29, 0.717) is 6.54 Å². The summed E-state index contributed by atoms with van der Waals surface area (Å²) >= 11 is 5.09. The van der Waals surface area contributed by atoms with Gasteiger partial charge < -0.3 is 15.0 Å². The molecule has 2 amide bonds. The number of nitrogens with zero attached hydrogens (tertiary/aromatic N) is 1. The van der Waals surface area contributed by atoms with E-state index in [4.69, 9.17) is 4.74 Å². The zero-order valence-electron chi connectivity index (χ0n) is 14.2. The highest BCUT2D eigenvalue weighted by Gasteiger charge is 2.13. The fourth-order valence-corrected chi connectivity index (χ4v) is 3.85. The van der Waals surface area contributed by atoms with Gasteiger partial charge in [0.1, 0.15) is 5.75 Å². The summed E-state index contributed by atoms with van der Waals surface area (Å²) in [6.45, 7) is 2.66. The molecule has 24 heavy (non-hydrogen) atoms. The smallest absolute Gasteiger partial charge is 0.317 e. The highest BCUT2D eigenvalue weighted by atomic mass is 79.9. The van der Waals surface area contributed by atoms with Gasteiger partial charge in [-0.05, 0) is 65.5 Å². The van der Waals surface area contributed by atoms with Crippen LogP contribution in [-0.2, 0) is 13.0 Å². The number of ether oxygens (including phenoxy) is 1. The minimum Gasteiger partial charge on any atom is -0.497 e. The summed E-state index contributed by atoms with van der Waals surface area (Å²) in [6, 6.07) is 12.2. The zero-order valence-corrected chi connectivity index (χ0v) is 16.6. The molecule has 0 radical (unpaired) electrons. The molecule has 6 heteroatoms. The van der Waals surface area contributed by atoms with Crippen molar-refractivity contribution in [3.63, 3.8) is 0 Å². The van der Waals surface area contributed by atoms with Crippen LogP contribution in [0.4, 0.5) is 4.79 Å². The van der Waals surface area contributed by atoms with Crippen molar-refractivity contribution in [1.29, 1.82) is 0 Å². The molecule has 1 heterocycles. The van der Waals surface area contributed by atoms with Crippen LogP contribution in [0, 0.1) is 0 Å². The van der Waals surface area contributed by atoms with Crippen LogP contribution in [-0.4, -0.2) is 31.1 Å². The van der Waals surface area contributed by atoms with Crippen molar-refractivity contribution in [1.82, 2.24) is 10.2 Å². The maximum absolute atomic E-state index is 12.3. The largest absolute Gasteiger partial charge is 0.497 e. The van der Waals surface area contributed by atoms with E-state index < -0.39 is 0 Å². The number of amides is 2. The number of aryl methyl sites for hydroxylation is 1. The molecule has 0 aliphatic carbocycles. The molecular formula is C18H23BrN2O2S. The Bertz CT molecular complexity index is 657. The Labute approximate surface area is 156 Å². The van der Waals surface area contributed by atoms with E-state index in [1.807, 2.05) is 38.2 Å². The van der Waals surface area contributed by atoms with Crippen LogP contribution in [0.3, 0.4) is 0 Å². The average Bonchev–Trinajstić information content (AvgIpc) is 2.98. The number of urea groups is 1. The van der Waals surface area contributed by atoms with Gasteiger partial charge in [0.2, 0.25) is 0 Å². The fraction of sp³-hybridized carbons (Fsp3) is 0.389. The molecule has 1 unspecified atom stereocenters. The quantitative estimate of drug-likeness (QED) is 0.719. The first-order chi connectivity index (χ1) is 11.5. The number of carbonyl (C=O) groups is 1. The van der Waals surface area contributed by atoms with Gasteiger partial charge in [0.15, 0.2) is 0 Å². The zero-order chi connectivity index (χ0) is 17.5. The predicted octanol–water partition coefficient (Wildman–Crippen LogP) is 4.68. The van der Waals surface area contributed by atoms with E-state index in [1.54, 1.807) is 23.3 Å². The number of hydrogen-bond donors (Lipinski definition) is 1. The van der Waals surface area contributed by atoms with Gasteiger partial charge in [0, 0.05) is 18.0 Å². The van der Waals surface area contributed by atoms with Crippen molar-refractivity contribution in [2.75, 3.05) is 14.2 Å². The van der Waals surface area contributed by atoms with Crippen LogP contribution >= 0.6 is 27.3 Å². The molecule has 1 aromatic carbocycles. The number of benzene rings is 1. The van der Waals surface area contributed by atoms with E-state index in [-0.39, 0.29) is 12.1 Å². The summed E-state index contributed by atoms with van der Waals surface area (Å²) in [5, 5.41) is 3.05. The molecule has 0 bridgehead atoms. The highest BCUT2D eigenvalue weighted by Crippen LogP contribution is 2.23. The summed E-state index contributed by atoms with van der Waals surface area (Å²) in [7, 11) is 3.48. The van der Waals surface area contributed by atoms with Gasteiger partial charge in [-0.1, -0.05) is 12.1 Å². The lowest BCUT2D eigenvalue weighted by molar-refractivity contribution is 0.203. The van der Waals surface area contributed by atoms with Gasteiger partial charge in [-0.15, -0.1) is 11.3 Å². The Hall–Kier alpha value is -1.53. The number of hydrogen-bond acceptors (Lipinski definition) is 3.